The molecular weight excluding hydrogens is 372 g/mol. The van der Waals surface area contributed by atoms with Gasteiger partial charge in [0.2, 0.25) is 0 Å². The smallest absolute Gasteiger partial charge is 0.293 e. The third kappa shape index (κ3) is 2.53. The van der Waals surface area contributed by atoms with Crippen molar-refractivity contribution in [2.45, 2.75) is 38.5 Å². The monoisotopic (exact) mass is 398 g/mol. The van der Waals surface area contributed by atoms with Crippen LogP contribution >= 0.6 is 0 Å². The number of hydrogen-bond acceptors (Lipinski definition) is 8. The molecule has 0 amide bonds. The highest BCUT2D eigenvalue weighted by molar-refractivity contribution is 6.00. The molecule has 8 heteroatoms. The number of methoxy groups -OCH3 is 2. The molecule has 0 unspecified atom stereocenters. The van der Waals surface area contributed by atoms with Gasteiger partial charge in [0.05, 0.1) is 39.6 Å². The minimum absolute atomic E-state index is 0.0635. The fraction of sp³-hybridized carbons (Fsp3) is 0.571. The summed E-state index contributed by atoms with van der Waals surface area (Å²) in [7, 11) is 3.08. The lowest BCUT2D eigenvalue weighted by Crippen LogP contribution is -2.44. The van der Waals surface area contributed by atoms with E-state index in [1.54, 1.807) is 25.3 Å². The fourth-order valence-electron chi connectivity index (χ4n) is 4.37. The molecule has 1 aliphatic carbocycles. The van der Waals surface area contributed by atoms with Crippen LogP contribution in [0.2, 0.25) is 0 Å². The summed E-state index contributed by atoms with van der Waals surface area (Å²) in [5.41, 5.74) is 4.26. The third-order valence-electron chi connectivity index (χ3n) is 5.67. The molecule has 2 N–H and O–H groups in total. The Morgan fingerprint density at radius 1 is 1.03 bits per heavy atom. The Morgan fingerprint density at radius 2 is 1.66 bits per heavy atom. The Morgan fingerprint density at radius 3 is 2.14 bits per heavy atom. The molecule has 1 aromatic carbocycles. The number of aliphatic imine (C=N–C) groups is 1. The second-order valence-electron chi connectivity index (χ2n) is 7.16. The summed E-state index contributed by atoms with van der Waals surface area (Å²) >= 11 is 0. The molecule has 2 aliphatic rings. The number of amidine groups is 1. The lowest BCUT2D eigenvalue weighted by Gasteiger charge is -2.32. The highest BCUT2D eigenvalue weighted by Gasteiger charge is 2.93. The van der Waals surface area contributed by atoms with Crippen molar-refractivity contribution in [3.05, 3.63) is 23.8 Å². The van der Waals surface area contributed by atoms with E-state index in [9.17, 15) is 10.5 Å². The first-order chi connectivity index (χ1) is 14.0. The van der Waals surface area contributed by atoms with E-state index < -0.39 is 22.7 Å². The summed E-state index contributed by atoms with van der Waals surface area (Å²) in [4.78, 5) is 4.41. The van der Waals surface area contributed by atoms with E-state index in [4.69, 9.17) is 24.7 Å². The number of nitriles is 2. The Balaban J connectivity index is 2.17. The van der Waals surface area contributed by atoms with Crippen molar-refractivity contribution in [3.8, 4) is 23.6 Å². The topological polar surface area (TPSA) is 123 Å². The summed E-state index contributed by atoms with van der Waals surface area (Å²) in [6.07, 6.45) is 1.41. The largest absolute Gasteiger partial charge is 0.493 e. The van der Waals surface area contributed by atoms with Gasteiger partial charge in [0.1, 0.15) is 11.3 Å². The number of ether oxygens (including phenoxy) is 4. The fourth-order valence-corrected chi connectivity index (χ4v) is 4.37. The van der Waals surface area contributed by atoms with Gasteiger partial charge in [-0.1, -0.05) is 19.9 Å². The lowest BCUT2D eigenvalue weighted by atomic mass is 9.93. The summed E-state index contributed by atoms with van der Waals surface area (Å²) in [5, 5.41) is 20.5. The molecule has 29 heavy (non-hydrogen) atoms. The normalized spacial score (nSPS) is 28.6. The van der Waals surface area contributed by atoms with Gasteiger partial charge in [-0.05, 0) is 30.5 Å². The maximum absolute atomic E-state index is 10.3. The van der Waals surface area contributed by atoms with E-state index >= 15 is 0 Å². The molecule has 1 saturated carbocycles. The summed E-state index contributed by atoms with van der Waals surface area (Å²) in [5.74, 6) is -1.08. The highest BCUT2D eigenvalue weighted by Crippen LogP contribution is 2.82. The van der Waals surface area contributed by atoms with Crippen molar-refractivity contribution in [3.63, 3.8) is 0 Å². The molecule has 1 heterocycles. The first-order valence-corrected chi connectivity index (χ1v) is 9.66. The zero-order chi connectivity index (χ0) is 21.3. The van der Waals surface area contributed by atoms with Gasteiger partial charge in [0, 0.05) is 5.92 Å². The summed E-state index contributed by atoms with van der Waals surface area (Å²) in [6.45, 7) is 4.55. The van der Waals surface area contributed by atoms with Gasteiger partial charge in [-0.2, -0.15) is 10.5 Å². The second kappa shape index (κ2) is 7.55. The van der Waals surface area contributed by atoms with Crippen LogP contribution in [0.15, 0.2) is 23.2 Å². The van der Waals surface area contributed by atoms with Crippen LogP contribution in [0.1, 0.15) is 38.2 Å². The van der Waals surface area contributed by atoms with Crippen LogP contribution < -0.4 is 15.2 Å². The molecule has 0 spiro atoms. The first kappa shape index (κ1) is 20.9. The van der Waals surface area contributed by atoms with Crippen molar-refractivity contribution in [1.29, 1.82) is 10.5 Å². The maximum atomic E-state index is 10.3. The predicted molar refractivity (Wildman–Crippen MR) is 105 cm³/mol. The number of nitrogens with two attached hydrogens (primary N) is 1. The zero-order valence-electron chi connectivity index (χ0n) is 17.2. The Labute approximate surface area is 170 Å². The van der Waals surface area contributed by atoms with E-state index in [1.165, 1.54) is 7.11 Å². The van der Waals surface area contributed by atoms with Crippen LogP contribution in [-0.4, -0.2) is 39.2 Å². The third-order valence-corrected chi connectivity index (χ3v) is 5.67. The van der Waals surface area contributed by atoms with Crippen LogP contribution in [0.25, 0.3) is 0 Å². The number of hydrogen-bond donors (Lipinski definition) is 1. The molecule has 0 saturated heterocycles. The minimum atomic E-state index is -1.62. The first-order valence-electron chi connectivity index (χ1n) is 9.66. The number of benzene rings is 1. The number of rotatable bonds is 9. The van der Waals surface area contributed by atoms with Gasteiger partial charge in [-0.25, -0.2) is 4.99 Å². The molecule has 0 aromatic heterocycles. The average Bonchev–Trinajstić information content (AvgIpc) is 3.33. The van der Waals surface area contributed by atoms with Crippen LogP contribution in [-0.2, 0) is 9.47 Å². The van der Waals surface area contributed by atoms with E-state index in [0.29, 0.717) is 43.1 Å². The zero-order valence-corrected chi connectivity index (χ0v) is 17.2. The SMILES string of the molecule is CCCOC1(OCCC)N=C(N)[C@]2(C#N)[C@H](c3ccc(OC)c(OC)c3)[C@@]12C#N. The quantitative estimate of drug-likeness (QED) is 0.634. The average molecular weight is 398 g/mol. The van der Waals surface area contributed by atoms with Crippen molar-refractivity contribution < 1.29 is 18.9 Å². The standard InChI is InChI=1S/C21H26N4O4/c1-5-9-28-21(29-10-6-2)20(13-23)17(19(20,12-22)18(24)25-21)14-7-8-15(26-3)16(11-14)27-4/h7-8,11,17H,5-6,9-10H2,1-4H3,(H2,24,25)/t17-,19-,20+/m0/s1. The van der Waals surface area contributed by atoms with Crippen LogP contribution in [0, 0.1) is 33.5 Å². The summed E-state index contributed by atoms with van der Waals surface area (Å²) < 4.78 is 22.8. The Hall–Kier alpha value is -2.81. The predicted octanol–water partition coefficient (Wildman–Crippen LogP) is 2.70. The van der Waals surface area contributed by atoms with Gasteiger partial charge in [0.15, 0.2) is 16.9 Å². The Bertz CT molecular complexity index is 895. The second-order valence-corrected chi connectivity index (χ2v) is 7.16. The van der Waals surface area contributed by atoms with Crippen LogP contribution in [0.3, 0.4) is 0 Å². The van der Waals surface area contributed by atoms with Gasteiger partial charge < -0.3 is 24.7 Å². The Kier molecular flexibility index (Phi) is 5.44. The van der Waals surface area contributed by atoms with E-state index in [-0.39, 0.29) is 5.84 Å². The highest BCUT2D eigenvalue weighted by atomic mass is 16.7. The van der Waals surface area contributed by atoms with E-state index in [2.05, 4.69) is 17.1 Å². The van der Waals surface area contributed by atoms with Crippen LogP contribution in [0.4, 0.5) is 0 Å². The van der Waals surface area contributed by atoms with Gasteiger partial charge in [-0.15, -0.1) is 0 Å². The molecule has 154 valence electrons. The van der Waals surface area contributed by atoms with Gasteiger partial charge >= 0.3 is 0 Å². The minimum Gasteiger partial charge on any atom is -0.493 e. The lowest BCUT2D eigenvalue weighted by molar-refractivity contribution is -0.259. The van der Waals surface area contributed by atoms with Crippen molar-refractivity contribution in [1.82, 2.24) is 0 Å². The van der Waals surface area contributed by atoms with Gasteiger partial charge in [-0.3, -0.25) is 0 Å². The van der Waals surface area contributed by atoms with Crippen molar-refractivity contribution >= 4 is 5.84 Å². The molecular formula is C21H26N4O4. The van der Waals surface area contributed by atoms with Crippen molar-refractivity contribution in [2.75, 3.05) is 27.4 Å². The molecule has 1 aromatic rings. The number of fused-ring (bicyclic) bond motifs is 1. The molecule has 1 fully saturated rings. The molecule has 0 bridgehead atoms. The molecule has 1 aliphatic heterocycles. The van der Waals surface area contributed by atoms with Gasteiger partial charge in [0.25, 0.3) is 5.91 Å². The molecule has 0 radical (unpaired) electrons. The number of nitrogens with zero attached hydrogens (tertiary/aromatic N) is 3. The van der Waals surface area contributed by atoms with E-state index in [0.717, 1.165) is 0 Å². The maximum Gasteiger partial charge on any atom is 0.293 e. The molecule has 3 atom stereocenters. The molecule has 8 nitrogen and oxygen atoms in total. The van der Waals surface area contributed by atoms with Crippen LogP contribution in [0.5, 0.6) is 11.5 Å². The molecule has 3 rings (SSSR count). The van der Waals surface area contributed by atoms with Crippen molar-refractivity contribution in [2.24, 2.45) is 21.6 Å². The van der Waals surface area contributed by atoms with E-state index in [1.807, 2.05) is 13.8 Å². The summed E-state index contributed by atoms with van der Waals surface area (Å²) in [6, 6.07) is 9.90.